The van der Waals surface area contributed by atoms with Crippen LogP contribution in [0.5, 0.6) is 5.75 Å². The highest BCUT2D eigenvalue weighted by atomic mass is 35.5. The number of carbonyl (C=O) groups excluding carboxylic acids is 3. The van der Waals surface area contributed by atoms with Crippen molar-refractivity contribution >= 4 is 35.2 Å². The van der Waals surface area contributed by atoms with E-state index in [1.807, 2.05) is 0 Å². The third-order valence-corrected chi connectivity index (χ3v) is 3.58. The van der Waals surface area contributed by atoms with E-state index in [0.29, 0.717) is 22.0 Å². The van der Waals surface area contributed by atoms with Crippen LogP contribution in [0.4, 0.5) is 10.5 Å². The molecule has 3 amide bonds. The van der Waals surface area contributed by atoms with E-state index in [0.717, 1.165) is 0 Å². The van der Waals surface area contributed by atoms with E-state index in [9.17, 15) is 14.4 Å². The maximum atomic E-state index is 12.2. The molecule has 0 saturated carbocycles. The van der Waals surface area contributed by atoms with Crippen molar-refractivity contribution < 1.29 is 23.9 Å². The van der Waals surface area contributed by atoms with Crippen molar-refractivity contribution in [2.24, 2.45) is 0 Å². The Bertz CT molecular complexity index is 839. The van der Waals surface area contributed by atoms with E-state index in [4.69, 9.17) is 21.1 Å². The first-order valence-corrected chi connectivity index (χ1v) is 8.30. The number of benzene rings is 2. The minimum atomic E-state index is -0.673. The molecule has 0 saturated heterocycles. The van der Waals surface area contributed by atoms with Gasteiger partial charge in [-0.1, -0.05) is 11.6 Å². The van der Waals surface area contributed by atoms with E-state index >= 15 is 0 Å². The minimum absolute atomic E-state index is 0.170. The molecular weight excluding hydrogens is 374 g/mol. The number of halogens is 1. The Labute approximate surface area is 160 Å². The van der Waals surface area contributed by atoms with Crippen LogP contribution in [0.15, 0.2) is 42.5 Å². The third-order valence-electron chi connectivity index (χ3n) is 3.35. The predicted octanol–water partition coefficient (Wildman–Crippen LogP) is 2.99. The predicted molar refractivity (Wildman–Crippen MR) is 100 cm³/mol. The SMILES string of the molecule is CCOC(=O)c1ccc(NC(=O)NNC(=O)c2cc(Cl)ccc2OC)cc1. The monoisotopic (exact) mass is 391 g/mol. The summed E-state index contributed by atoms with van der Waals surface area (Å²) in [6.07, 6.45) is 0. The summed E-state index contributed by atoms with van der Waals surface area (Å²) in [4.78, 5) is 35.7. The number of ether oxygens (including phenoxy) is 2. The number of carbonyl (C=O) groups is 3. The lowest BCUT2D eigenvalue weighted by Gasteiger charge is -2.11. The molecule has 0 unspecified atom stereocenters. The standard InChI is InChI=1S/C18H18ClN3O5/c1-3-27-17(24)11-4-7-13(8-5-11)20-18(25)22-21-16(23)14-10-12(19)6-9-15(14)26-2/h4-10H,3H2,1-2H3,(H,21,23)(H2,20,22,25). The molecule has 0 radical (unpaired) electrons. The number of rotatable bonds is 5. The van der Waals surface area contributed by atoms with Gasteiger partial charge in [-0.2, -0.15) is 0 Å². The van der Waals surface area contributed by atoms with Gasteiger partial charge in [0, 0.05) is 10.7 Å². The van der Waals surface area contributed by atoms with E-state index in [2.05, 4.69) is 16.2 Å². The molecular formula is C18H18ClN3O5. The first-order valence-electron chi connectivity index (χ1n) is 7.92. The first kappa shape index (κ1) is 20.1. The summed E-state index contributed by atoms with van der Waals surface area (Å²) in [6, 6.07) is 9.98. The fourth-order valence-corrected chi connectivity index (χ4v) is 2.28. The molecule has 9 heteroatoms. The second-order valence-electron chi connectivity index (χ2n) is 5.18. The Morgan fingerprint density at radius 3 is 2.37 bits per heavy atom. The molecule has 0 atom stereocenters. The lowest BCUT2D eigenvalue weighted by molar-refractivity contribution is 0.0526. The molecule has 0 bridgehead atoms. The van der Waals surface area contributed by atoms with Gasteiger partial charge >= 0.3 is 12.0 Å². The van der Waals surface area contributed by atoms with Crippen LogP contribution in [0.3, 0.4) is 0 Å². The Kier molecular flexibility index (Phi) is 7.01. The highest BCUT2D eigenvalue weighted by Gasteiger charge is 2.14. The number of urea groups is 1. The van der Waals surface area contributed by atoms with Crippen molar-refractivity contribution in [3.8, 4) is 5.75 Å². The summed E-state index contributed by atoms with van der Waals surface area (Å²) in [6.45, 7) is 1.99. The third kappa shape index (κ3) is 5.61. The Balaban J connectivity index is 1.92. The highest BCUT2D eigenvalue weighted by Crippen LogP contribution is 2.22. The molecule has 8 nitrogen and oxygen atoms in total. The zero-order valence-electron chi connectivity index (χ0n) is 14.7. The number of anilines is 1. The van der Waals surface area contributed by atoms with E-state index in [-0.39, 0.29) is 12.2 Å². The molecule has 2 rings (SSSR count). The summed E-state index contributed by atoms with van der Waals surface area (Å²) in [5, 5.41) is 2.87. The second-order valence-corrected chi connectivity index (χ2v) is 5.61. The number of esters is 1. The fraction of sp³-hybridized carbons (Fsp3) is 0.167. The molecule has 2 aromatic carbocycles. The van der Waals surface area contributed by atoms with E-state index in [1.54, 1.807) is 19.1 Å². The van der Waals surface area contributed by atoms with Crippen LogP contribution >= 0.6 is 11.6 Å². The summed E-state index contributed by atoms with van der Waals surface area (Å²) in [5.41, 5.74) is 5.43. The molecule has 0 spiro atoms. The number of hydrazine groups is 1. The molecule has 2 aromatic rings. The maximum absolute atomic E-state index is 12.2. The van der Waals surface area contributed by atoms with Gasteiger partial charge in [-0.05, 0) is 49.4 Å². The van der Waals surface area contributed by atoms with Crippen molar-refractivity contribution in [3.05, 3.63) is 58.6 Å². The number of methoxy groups -OCH3 is 1. The van der Waals surface area contributed by atoms with Gasteiger partial charge in [0.25, 0.3) is 5.91 Å². The van der Waals surface area contributed by atoms with Crippen molar-refractivity contribution in [2.45, 2.75) is 6.92 Å². The number of amides is 3. The Morgan fingerprint density at radius 1 is 1.04 bits per heavy atom. The second kappa shape index (κ2) is 9.44. The number of nitrogens with one attached hydrogen (secondary N) is 3. The summed E-state index contributed by atoms with van der Waals surface area (Å²) in [5.74, 6) is -0.730. The van der Waals surface area contributed by atoms with Crippen molar-refractivity contribution in [1.82, 2.24) is 10.9 Å². The summed E-state index contributed by atoms with van der Waals surface area (Å²) in [7, 11) is 1.42. The van der Waals surface area contributed by atoms with Crippen LogP contribution in [0.1, 0.15) is 27.6 Å². The molecule has 27 heavy (non-hydrogen) atoms. The molecule has 0 heterocycles. The molecule has 0 aromatic heterocycles. The van der Waals surface area contributed by atoms with Crippen molar-refractivity contribution in [2.75, 3.05) is 19.0 Å². The lowest BCUT2D eigenvalue weighted by Crippen LogP contribution is -2.44. The fourth-order valence-electron chi connectivity index (χ4n) is 2.10. The lowest BCUT2D eigenvalue weighted by atomic mass is 10.2. The highest BCUT2D eigenvalue weighted by molar-refractivity contribution is 6.31. The smallest absolute Gasteiger partial charge is 0.338 e. The summed E-state index contributed by atoms with van der Waals surface area (Å²) >= 11 is 5.87. The average molecular weight is 392 g/mol. The van der Waals surface area contributed by atoms with E-state index < -0.39 is 17.9 Å². The average Bonchev–Trinajstić information content (AvgIpc) is 2.66. The van der Waals surface area contributed by atoms with E-state index in [1.165, 1.54) is 37.4 Å². The number of hydrogen-bond donors (Lipinski definition) is 3. The van der Waals surface area contributed by atoms with Crippen LogP contribution in [0, 0.1) is 0 Å². The van der Waals surface area contributed by atoms with Crippen LogP contribution in [0.25, 0.3) is 0 Å². The maximum Gasteiger partial charge on any atom is 0.338 e. The minimum Gasteiger partial charge on any atom is -0.496 e. The molecule has 0 aliphatic carbocycles. The first-order chi connectivity index (χ1) is 12.9. The Morgan fingerprint density at radius 2 is 1.74 bits per heavy atom. The van der Waals surface area contributed by atoms with Gasteiger partial charge in [-0.15, -0.1) is 0 Å². The largest absolute Gasteiger partial charge is 0.496 e. The normalized spacial score (nSPS) is 9.89. The molecule has 0 aliphatic rings. The zero-order chi connectivity index (χ0) is 19.8. The van der Waals surface area contributed by atoms with Gasteiger partial charge in [0.1, 0.15) is 5.75 Å². The molecule has 0 aliphatic heterocycles. The number of hydrogen-bond acceptors (Lipinski definition) is 5. The molecule has 0 fully saturated rings. The topological polar surface area (TPSA) is 106 Å². The molecule has 142 valence electrons. The van der Waals surface area contributed by atoms with Gasteiger partial charge in [0.05, 0.1) is 24.8 Å². The quantitative estimate of drug-likeness (QED) is 0.536. The van der Waals surface area contributed by atoms with Crippen molar-refractivity contribution in [3.63, 3.8) is 0 Å². The van der Waals surface area contributed by atoms with Crippen molar-refractivity contribution in [1.29, 1.82) is 0 Å². The van der Waals surface area contributed by atoms with Gasteiger partial charge in [-0.3, -0.25) is 10.2 Å². The van der Waals surface area contributed by atoms with Gasteiger partial charge in [-0.25, -0.2) is 15.0 Å². The zero-order valence-corrected chi connectivity index (χ0v) is 15.4. The van der Waals surface area contributed by atoms with Gasteiger partial charge in [0.2, 0.25) is 0 Å². The van der Waals surface area contributed by atoms with Gasteiger partial charge in [0.15, 0.2) is 0 Å². The van der Waals surface area contributed by atoms with Gasteiger partial charge < -0.3 is 14.8 Å². The Hall–Kier alpha value is -3.26. The summed E-state index contributed by atoms with van der Waals surface area (Å²) < 4.78 is 9.96. The van der Waals surface area contributed by atoms with Crippen LogP contribution in [-0.4, -0.2) is 31.6 Å². The van der Waals surface area contributed by atoms with Crippen LogP contribution < -0.4 is 20.9 Å². The van der Waals surface area contributed by atoms with Crippen LogP contribution in [-0.2, 0) is 4.74 Å². The van der Waals surface area contributed by atoms with Crippen LogP contribution in [0.2, 0.25) is 5.02 Å². The molecule has 3 N–H and O–H groups in total.